The molecule has 2 saturated heterocycles. The van der Waals surface area contributed by atoms with E-state index in [0.717, 1.165) is 31.9 Å². The molecule has 0 radical (unpaired) electrons. The summed E-state index contributed by atoms with van der Waals surface area (Å²) in [6, 6.07) is 2.60. The Bertz CT molecular complexity index is 1080. The zero-order chi connectivity index (χ0) is 22.7. The van der Waals surface area contributed by atoms with Crippen LogP contribution in [0.25, 0.3) is 17.0 Å². The number of alkyl halides is 1. The maximum absolute atomic E-state index is 14.7. The molecule has 11 heteroatoms. The van der Waals surface area contributed by atoms with E-state index >= 15 is 0 Å². The number of hydrogen-bond acceptors (Lipinski definition) is 7. The maximum atomic E-state index is 14.7. The Labute approximate surface area is 183 Å². The van der Waals surface area contributed by atoms with Crippen LogP contribution < -0.4 is 15.4 Å². The predicted octanol–water partition coefficient (Wildman–Crippen LogP) is 3.29. The second-order valence-electron chi connectivity index (χ2n) is 7.50. The minimum absolute atomic E-state index is 0.0195. The number of fused-ring (bicyclic) bond motifs is 1. The van der Waals surface area contributed by atoms with Crippen molar-refractivity contribution in [3.05, 3.63) is 35.7 Å². The van der Waals surface area contributed by atoms with Crippen molar-refractivity contribution in [2.45, 2.75) is 31.4 Å². The SMILES string of the molecule is CF.COc1cc2ncc(-c3nc(NC4CCCNC4)c(F)cc3F)n2nc1C1CCO1. The second kappa shape index (κ2) is 9.70. The van der Waals surface area contributed by atoms with Gasteiger partial charge in [-0.25, -0.2) is 23.3 Å². The van der Waals surface area contributed by atoms with E-state index in [4.69, 9.17) is 9.47 Å². The molecule has 2 aliphatic rings. The van der Waals surface area contributed by atoms with E-state index in [1.807, 2.05) is 0 Å². The van der Waals surface area contributed by atoms with Crippen LogP contribution in [0.1, 0.15) is 31.1 Å². The van der Waals surface area contributed by atoms with Crippen LogP contribution in [-0.4, -0.2) is 59.6 Å². The van der Waals surface area contributed by atoms with Gasteiger partial charge < -0.3 is 20.1 Å². The van der Waals surface area contributed by atoms with Gasteiger partial charge in [-0.05, 0) is 19.4 Å². The van der Waals surface area contributed by atoms with Crippen LogP contribution in [0.3, 0.4) is 0 Å². The van der Waals surface area contributed by atoms with Gasteiger partial charge in [0.05, 0.1) is 27.1 Å². The molecule has 5 rings (SSSR count). The van der Waals surface area contributed by atoms with Gasteiger partial charge in [-0.3, -0.25) is 4.39 Å². The van der Waals surface area contributed by atoms with Gasteiger partial charge in [-0.1, -0.05) is 0 Å². The average Bonchev–Trinajstić information content (AvgIpc) is 3.18. The third kappa shape index (κ3) is 4.22. The molecule has 0 amide bonds. The molecule has 172 valence electrons. The summed E-state index contributed by atoms with van der Waals surface area (Å²) in [6.07, 6.45) is 4.00. The van der Waals surface area contributed by atoms with Gasteiger partial charge >= 0.3 is 0 Å². The monoisotopic (exact) mass is 450 g/mol. The zero-order valence-corrected chi connectivity index (χ0v) is 17.9. The average molecular weight is 450 g/mol. The van der Waals surface area contributed by atoms with Crippen molar-refractivity contribution >= 4 is 11.5 Å². The number of ether oxygens (including phenoxy) is 2. The molecule has 0 bridgehead atoms. The van der Waals surface area contributed by atoms with Gasteiger partial charge in [0, 0.05) is 31.1 Å². The fraction of sp³-hybridized carbons (Fsp3) is 0.476. The Morgan fingerprint density at radius 2 is 2.03 bits per heavy atom. The lowest BCUT2D eigenvalue weighted by molar-refractivity contribution is -0.0569. The Hall–Kier alpha value is -2.92. The first kappa shape index (κ1) is 22.3. The molecule has 32 heavy (non-hydrogen) atoms. The number of methoxy groups -OCH3 is 1. The smallest absolute Gasteiger partial charge is 0.168 e. The molecule has 3 aromatic rings. The second-order valence-corrected chi connectivity index (χ2v) is 7.50. The number of hydrogen-bond donors (Lipinski definition) is 2. The highest BCUT2D eigenvalue weighted by molar-refractivity contribution is 5.63. The first-order valence-electron chi connectivity index (χ1n) is 10.4. The highest BCUT2D eigenvalue weighted by atomic mass is 19.1. The lowest BCUT2D eigenvalue weighted by atomic mass is 10.1. The van der Waals surface area contributed by atoms with Crippen LogP contribution in [-0.2, 0) is 4.74 Å². The minimum Gasteiger partial charge on any atom is -0.495 e. The Balaban J connectivity index is 0.00000119. The van der Waals surface area contributed by atoms with Gasteiger partial charge in [0.2, 0.25) is 0 Å². The van der Waals surface area contributed by atoms with Crippen LogP contribution in [0.15, 0.2) is 18.3 Å². The molecule has 2 unspecified atom stereocenters. The normalized spacial score (nSPS) is 20.3. The Morgan fingerprint density at radius 3 is 2.69 bits per heavy atom. The van der Waals surface area contributed by atoms with E-state index in [2.05, 4.69) is 25.7 Å². The quantitative estimate of drug-likeness (QED) is 0.617. The standard InChI is InChI=1S/C20H22F2N6O2.CH3F/c1-29-16-8-17-24-10-14(28(17)27-19(16)15-4-6-30-15)18-12(21)7-13(22)20(26-18)25-11-3-2-5-23-9-11;1-2/h7-8,10-11,15,23H,2-6,9H2,1H3,(H,25,26);1H3. The summed E-state index contributed by atoms with van der Waals surface area (Å²) in [5.74, 6) is -0.926. The van der Waals surface area contributed by atoms with Crippen LogP contribution in [0.2, 0.25) is 0 Å². The van der Waals surface area contributed by atoms with Gasteiger partial charge in [-0.2, -0.15) is 5.10 Å². The number of halogens is 3. The van der Waals surface area contributed by atoms with E-state index in [-0.39, 0.29) is 23.7 Å². The molecule has 0 aromatic carbocycles. The largest absolute Gasteiger partial charge is 0.495 e. The number of anilines is 1. The third-order valence-electron chi connectivity index (χ3n) is 5.52. The first-order chi connectivity index (χ1) is 15.6. The maximum Gasteiger partial charge on any atom is 0.168 e. The van der Waals surface area contributed by atoms with Crippen molar-refractivity contribution in [1.82, 2.24) is 24.9 Å². The number of rotatable bonds is 5. The molecule has 2 fully saturated rings. The van der Waals surface area contributed by atoms with Gasteiger partial charge in [0.1, 0.15) is 28.9 Å². The van der Waals surface area contributed by atoms with E-state index in [1.54, 1.807) is 13.2 Å². The molecule has 2 N–H and O–H groups in total. The summed E-state index contributed by atoms with van der Waals surface area (Å²) in [5, 5.41) is 10.9. The van der Waals surface area contributed by atoms with Gasteiger partial charge in [0.15, 0.2) is 23.1 Å². The van der Waals surface area contributed by atoms with Crippen molar-refractivity contribution in [2.75, 3.05) is 39.3 Å². The molecule has 2 atom stereocenters. The fourth-order valence-electron chi connectivity index (χ4n) is 3.83. The number of piperidine rings is 1. The Kier molecular flexibility index (Phi) is 6.75. The Morgan fingerprint density at radius 1 is 1.22 bits per heavy atom. The highest BCUT2D eigenvalue weighted by Crippen LogP contribution is 2.35. The predicted molar refractivity (Wildman–Crippen MR) is 113 cm³/mol. The molecule has 0 saturated carbocycles. The number of nitrogens with zero attached hydrogens (tertiary/aromatic N) is 4. The van der Waals surface area contributed by atoms with Gasteiger partial charge in [0.25, 0.3) is 0 Å². The highest BCUT2D eigenvalue weighted by Gasteiger charge is 2.28. The number of aromatic nitrogens is 4. The molecular weight excluding hydrogens is 425 g/mol. The van der Waals surface area contributed by atoms with Crippen molar-refractivity contribution in [3.63, 3.8) is 0 Å². The topological polar surface area (TPSA) is 85.6 Å². The van der Waals surface area contributed by atoms with Crippen molar-refractivity contribution in [1.29, 1.82) is 0 Å². The summed E-state index contributed by atoms with van der Waals surface area (Å²) in [6.45, 7) is 2.30. The number of nitrogens with one attached hydrogen (secondary N) is 2. The number of imidazole rings is 1. The molecule has 0 spiro atoms. The third-order valence-corrected chi connectivity index (χ3v) is 5.52. The number of pyridine rings is 1. The lowest BCUT2D eigenvalue weighted by Gasteiger charge is -2.27. The summed E-state index contributed by atoms with van der Waals surface area (Å²) in [4.78, 5) is 8.56. The summed E-state index contributed by atoms with van der Waals surface area (Å²) in [5.41, 5.74) is 1.40. The molecule has 8 nitrogen and oxygen atoms in total. The summed E-state index contributed by atoms with van der Waals surface area (Å²) in [7, 11) is 2.05. The molecule has 2 aliphatic heterocycles. The summed E-state index contributed by atoms with van der Waals surface area (Å²) >= 11 is 0. The van der Waals surface area contributed by atoms with E-state index in [1.165, 1.54) is 10.7 Å². The molecule has 5 heterocycles. The van der Waals surface area contributed by atoms with Gasteiger partial charge in [-0.15, -0.1) is 0 Å². The molecular formula is C21H25F3N6O2. The summed E-state index contributed by atoms with van der Waals surface area (Å²) < 4.78 is 51.1. The van der Waals surface area contributed by atoms with Crippen LogP contribution in [0.4, 0.5) is 19.0 Å². The first-order valence-corrected chi connectivity index (χ1v) is 10.4. The van der Waals surface area contributed by atoms with Crippen LogP contribution >= 0.6 is 0 Å². The van der Waals surface area contributed by atoms with Crippen molar-refractivity contribution in [2.24, 2.45) is 0 Å². The van der Waals surface area contributed by atoms with E-state index < -0.39 is 11.6 Å². The van der Waals surface area contributed by atoms with Crippen molar-refractivity contribution < 1.29 is 22.6 Å². The van der Waals surface area contributed by atoms with E-state index in [9.17, 15) is 13.2 Å². The zero-order valence-electron chi connectivity index (χ0n) is 17.9. The minimum atomic E-state index is -0.777. The van der Waals surface area contributed by atoms with Crippen LogP contribution in [0, 0.1) is 11.6 Å². The fourth-order valence-corrected chi connectivity index (χ4v) is 3.83. The lowest BCUT2D eigenvalue weighted by Crippen LogP contribution is -2.38. The van der Waals surface area contributed by atoms with E-state index in [0.29, 0.717) is 43.1 Å². The molecule has 0 aliphatic carbocycles. The molecule has 3 aromatic heterocycles. The van der Waals surface area contributed by atoms with Crippen molar-refractivity contribution in [3.8, 4) is 17.1 Å². The van der Waals surface area contributed by atoms with Crippen LogP contribution in [0.5, 0.6) is 5.75 Å².